The summed E-state index contributed by atoms with van der Waals surface area (Å²) < 4.78 is 17.2. The van der Waals surface area contributed by atoms with Crippen molar-refractivity contribution < 1.29 is 45.3 Å². The molecule has 3 aromatic carbocycles. The molecule has 0 saturated carbocycles. The number of rotatable bonds is 7. The van der Waals surface area contributed by atoms with Crippen molar-refractivity contribution in [2.75, 3.05) is 34.0 Å². The summed E-state index contributed by atoms with van der Waals surface area (Å²) in [6.07, 6.45) is 0.636. The number of methoxy groups -OCH3 is 1. The second-order valence-corrected chi connectivity index (χ2v) is 9.46. The zero-order chi connectivity index (χ0) is 25.3. The van der Waals surface area contributed by atoms with Crippen molar-refractivity contribution in [3.63, 3.8) is 0 Å². The van der Waals surface area contributed by atoms with Gasteiger partial charge in [-0.25, -0.2) is 0 Å². The predicted molar refractivity (Wildman–Crippen MR) is 134 cm³/mol. The van der Waals surface area contributed by atoms with Gasteiger partial charge in [-0.1, -0.05) is 60.7 Å². The normalized spacial score (nSPS) is 19.5. The highest BCUT2D eigenvalue weighted by molar-refractivity contribution is 5.86. The molecule has 37 heavy (non-hydrogen) atoms. The summed E-state index contributed by atoms with van der Waals surface area (Å²) in [5.74, 6) is 0.840. The number of carbonyl (C=O) groups is 2. The van der Waals surface area contributed by atoms with Crippen molar-refractivity contribution in [3.8, 4) is 17.2 Å². The van der Waals surface area contributed by atoms with Crippen LogP contribution in [0.4, 0.5) is 0 Å². The number of nitrogens with two attached hydrogens (primary N) is 1. The smallest absolute Gasteiger partial charge is 0.284 e. The van der Waals surface area contributed by atoms with E-state index in [1.54, 1.807) is 7.11 Å². The second kappa shape index (κ2) is 10.8. The van der Waals surface area contributed by atoms with Gasteiger partial charge in [0.05, 0.1) is 32.3 Å². The fraction of sp³-hybridized carbons (Fsp3) is 0.286. The van der Waals surface area contributed by atoms with Crippen LogP contribution in [0, 0.1) is 0 Å². The quantitative estimate of drug-likeness (QED) is 0.387. The maximum Gasteiger partial charge on any atom is 0.284 e. The van der Waals surface area contributed by atoms with E-state index in [4.69, 9.17) is 19.9 Å². The Morgan fingerprint density at radius 2 is 1.70 bits per heavy atom. The maximum atomic E-state index is 14.3. The van der Waals surface area contributed by atoms with Crippen LogP contribution in [0.25, 0.3) is 0 Å². The van der Waals surface area contributed by atoms with Gasteiger partial charge in [0, 0.05) is 6.42 Å². The second-order valence-electron chi connectivity index (χ2n) is 9.46. The highest BCUT2D eigenvalue weighted by atomic mass is 79.9. The van der Waals surface area contributed by atoms with Crippen molar-refractivity contribution in [1.82, 2.24) is 5.32 Å². The van der Waals surface area contributed by atoms with E-state index in [-0.39, 0.29) is 46.8 Å². The summed E-state index contributed by atoms with van der Waals surface area (Å²) in [7, 11) is 3.44. The van der Waals surface area contributed by atoms with Gasteiger partial charge in [-0.05, 0) is 22.8 Å². The summed E-state index contributed by atoms with van der Waals surface area (Å²) in [4.78, 5) is 26.4. The first-order chi connectivity index (χ1) is 17.4. The van der Waals surface area contributed by atoms with Gasteiger partial charge >= 0.3 is 0 Å². The van der Waals surface area contributed by atoms with Crippen molar-refractivity contribution in [2.24, 2.45) is 5.73 Å². The van der Waals surface area contributed by atoms with Gasteiger partial charge in [0.15, 0.2) is 24.1 Å². The summed E-state index contributed by atoms with van der Waals surface area (Å²) in [6, 6.07) is 20.4. The Hall–Kier alpha value is -3.56. The van der Waals surface area contributed by atoms with Crippen molar-refractivity contribution in [1.29, 1.82) is 0 Å². The molecule has 0 spiro atoms. The van der Waals surface area contributed by atoms with Gasteiger partial charge in [-0.2, -0.15) is 0 Å². The molecule has 2 heterocycles. The average molecular weight is 568 g/mol. The minimum atomic E-state index is -0.749. The van der Waals surface area contributed by atoms with Crippen molar-refractivity contribution in [2.45, 2.75) is 18.5 Å². The number of amides is 2. The maximum absolute atomic E-state index is 14.3. The molecule has 2 unspecified atom stereocenters. The number of halogens is 1. The third kappa shape index (κ3) is 5.01. The molecule has 0 fully saturated rings. The number of hydrogen-bond donors (Lipinski definition) is 2. The lowest BCUT2D eigenvalue weighted by atomic mass is 9.87. The number of nitrogens with one attached hydrogen (secondary N) is 1. The van der Waals surface area contributed by atoms with E-state index in [9.17, 15) is 9.59 Å². The number of likely N-dealkylation sites (N-methyl/N-ethyl adjacent to an activating group) is 1. The first kappa shape index (κ1) is 26.5. The van der Waals surface area contributed by atoms with E-state index in [1.165, 1.54) is 0 Å². The molecule has 2 aliphatic rings. The summed E-state index contributed by atoms with van der Waals surface area (Å²) in [5.41, 5.74) is 9.22. The molecule has 0 aromatic heterocycles. The minimum absolute atomic E-state index is 0. The average Bonchev–Trinajstić information content (AvgIpc) is 3.34. The van der Waals surface area contributed by atoms with E-state index in [0.29, 0.717) is 35.8 Å². The first-order valence-electron chi connectivity index (χ1n) is 11.9. The number of quaternary nitrogens is 1. The molecule has 2 amide bonds. The first-order valence-corrected chi connectivity index (χ1v) is 11.9. The van der Waals surface area contributed by atoms with Crippen LogP contribution in [0.15, 0.2) is 66.7 Å². The number of carbonyl (C=O) groups excluding carboxylic acids is 2. The van der Waals surface area contributed by atoms with E-state index in [1.807, 2.05) is 73.8 Å². The number of primary amides is 1. The number of benzene rings is 3. The molecule has 8 nitrogen and oxygen atoms in total. The molecule has 2 atom stereocenters. The summed E-state index contributed by atoms with van der Waals surface area (Å²) in [6.45, 7) is 0.650. The Labute approximate surface area is 226 Å². The lowest BCUT2D eigenvalue weighted by Gasteiger charge is -2.44. The van der Waals surface area contributed by atoms with E-state index < -0.39 is 11.9 Å². The molecule has 0 bridgehead atoms. The number of hydrogen-bond acceptors (Lipinski definition) is 5. The Balaban J connectivity index is 0.00000320. The Kier molecular flexibility index (Phi) is 7.75. The van der Waals surface area contributed by atoms with Crippen LogP contribution < -0.4 is 42.2 Å². The van der Waals surface area contributed by atoms with E-state index in [2.05, 4.69) is 5.32 Å². The topological polar surface area (TPSA) is 99.9 Å². The highest BCUT2D eigenvalue weighted by Gasteiger charge is 2.49. The molecular formula is C28H30BrN3O5. The Bertz CT molecular complexity index is 1250. The lowest BCUT2D eigenvalue weighted by molar-refractivity contribution is -0.924. The predicted octanol–water partition coefficient (Wildman–Crippen LogP) is -0.137. The van der Waals surface area contributed by atoms with Gasteiger partial charge in [-0.15, -0.1) is 0 Å². The summed E-state index contributed by atoms with van der Waals surface area (Å²) >= 11 is 0. The minimum Gasteiger partial charge on any atom is -1.00 e. The van der Waals surface area contributed by atoms with E-state index in [0.717, 1.165) is 16.7 Å². The highest BCUT2D eigenvalue weighted by Crippen LogP contribution is 2.51. The van der Waals surface area contributed by atoms with Gasteiger partial charge in [0.2, 0.25) is 12.5 Å². The molecule has 3 aromatic rings. The molecular weight excluding hydrogens is 538 g/mol. The van der Waals surface area contributed by atoms with Crippen molar-refractivity contribution >= 4 is 11.8 Å². The van der Waals surface area contributed by atoms with Gasteiger partial charge < -0.3 is 46.7 Å². The standard InChI is InChI=1S/C28H29N3O5.BrH/c1-31(16-22(29)32)14-13-20-15-21-26(36-17-35-21)27(34-2)23(20)25(31)28(33)30-24(18-9-5-3-6-10-18)19-11-7-4-8-12-19;/h3-12,15,24-25H,13-14,16-17H2,1-2H3,(H2-,29,30,32,33);1H. The lowest BCUT2D eigenvalue weighted by Crippen LogP contribution is -3.00. The van der Waals surface area contributed by atoms with E-state index >= 15 is 0 Å². The van der Waals surface area contributed by atoms with Crippen LogP contribution in [0.3, 0.4) is 0 Å². The zero-order valence-corrected chi connectivity index (χ0v) is 22.4. The number of nitrogens with zero attached hydrogens (tertiary/aromatic N) is 1. The van der Waals surface area contributed by atoms with Gasteiger partial charge in [0.25, 0.3) is 11.8 Å². The summed E-state index contributed by atoms with van der Waals surface area (Å²) in [5, 5.41) is 3.27. The number of ether oxygens (including phenoxy) is 3. The molecule has 0 aliphatic carbocycles. The van der Waals surface area contributed by atoms with Gasteiger partial charge in [-0.3, -0.25) is 9.59 Å². The molecule has 9 heteroatoms. The third-order valence-corrected chi connectivity index (χ3v) is 7.05. The number of fused-ring (bicyclic) bond motifs is 2. The fourth-order valence-corrected chi connectivity index (χ4v) is 5.42. The van der Waals surface area contributed by atoms with Crippen molar-refractivity contribution in [3.05, 3.63) is 89.0 Å². The van der Waals surface area contributed by atoms with Crippen LogP contribution in [-0.2, 0) is 16.0 Å². The Morgan fingerprint density at radius 3 is 2.27 bits per heavy atom. The molecule has 5 rings (SSSR count). The third-order valence-electron chi connectivity index (χ3n) is 7.05. The van der Waals surface area contributed by atoms with Crippen LogP contribution >= 0.6 is 0 Å². The largest absolute Gasteiger partial charge is 1.00 e. The molecule has 0 radical (unpaired) electrons. The van der Waals surface area contributed by atoms with Crippen LogP contribution in [0.2, 0.25) is 0 Å². The van der Waals surface area contributed by atoms with Crippen LogP contribution in [-0.4, -0.2) is 50.3 Å². The monoisotopic (exact) mass is 567 g/mol. The fourth-order valence-electron chi connectivity index (χ4n) is 5.42. The molecule has 0 saturated heterocycles. The zero-order valence-electron chi connectivity index (χ0n) is 20.8. The van der Waals surface area contributed by atoms with Crippen LogP contribution in [0.5, 0.6) is 17.2 Å². The SMILES string of the molecule is COc1c2c(cc3c1C(C(=O)NC(c1ccccc1)c1ccccc1)[N+](C)(CC(N)=O)CC3)OCO2.[Br-]. The van der Waals surface area contributed by atoms with Gasteiger partial charge in [0.1, 0.15) is 0 Å². The molecule has 3 N–H and O–H groups in total. The Morgan fingerprint density at radius 1 is 1.08 bits per heavy atom. The molecule has 194 valence electrons. The van der Waals surface area contributed by atoms with Crippen LogP contribution in [0.1, 0.15) is 34.3 Å². The molecule has 2 aliphatic heterocycles.